The Labute approximate surface area is 190 Å². The molecule has 0 radical (unpaired) electrons. The molecule has 2 aromatic rings. The number of anilines is 2. The van der Waals surface area contributed by atoms with Crippen LogP contribution in [0.4, 0.5) is 11.4 Å². The van der Waals surface area contributed by atoms with Gasteiger partial charge in [-0.25, -0.2) is 0 Å². The van der Waals surface area contributed by atoms with Crippen molar-refractivity contribution < 1.29 is 14.7 Å². The minimum Gasteiger partial charge on any atom is -0.507 e. The molecule has 168 valence electrons. The Kier molecular flexibility index (Phi) is 7.96. The third-order valence-electron chi connectivity index (χ3n) is 6.03. The van der Waals surface area contributed by atoms with Crippen LogP contribution in [0.1, 0.15) is 60.0 Å². The van der Waals surface area contributed by atoms with Crippen molar-refractivity contribution in [1.29, 1.82) is 0 Å². The summed E-state index contributed by atoms with van der Waals surface area (Å²) < 4.78 is 0. The van der Waals surface area contributed by atoms with Gasteiger partial charge in [0, 0.05) is 24.3 Å². The summed E-state index contributed by atoms with van der Waals surface area (Å²) in [6.45, 7) is 8.03. The molecule has 0 bridgehead atoms. The maximum atomic E-state index is 13.5. The summed E-state index contributed by atoms with van der Waals surface area (Å²) in [4.78, 5) is 28.1. The second-order valence-corrected chi connectivity index (χ2v) is 8.13. The number of halogens is 1. The van der Waals surface area contributed by atoms with E-state index in [0.29, 0.717) is 36.3 Å². The van der Waals surface area contributed by atoms with E-state index in [1.165, 1.54) is 0 Å². The molecule has 1 unspecified atom stereocenters. The van der Waals surface area contributed by atoms with Crippen molar-refractivity contribution in [2.75, 3.05) is 17.6 Å². The van der Waals surface area contributed by atoms with Crippen molar-refractivity contribution in [3.63, 3.8) is 0 Å². The molecule has 3 rings (SSSR count). The lowest BCUT2D eigenvalue weighted by Crippen LogP contribution is -2.45. The largest absolute Gasteiger partial charge is 0.507 e. The summed E-state index contributed by atoms with van der Waals surface area (Å²) in [5.74, 6) is -0.0449. The molecule has 1 aliphatic heterocycles. The average molecular weight is 446 g/mol. The topological polar surface area (TPSA) is 95.7 Å². The Hall–Kier alpha value is -2.73. The van der Waals surface area contributed by atoms with E-state index < -0.39 is 6.04 Å². The summed E-state index contributed by atoms with van der Waals surface area (Å²) >= 11 is 0. The number of amides is 2. The summed E-state index contributed by atoms with van der Waals surface area (Å²) in [6.07, 6.45) is 2.84. The molecule has 0 spiro atoms. The molecule has 1 aliphatic rings. The normalized spacial score (nSPS) is 15.1. The lowest BCUT2D eigenvalue weighted by Gasteiger charge is -2.37. The highest BCUT2D eigenvalue weighted by molar-refractivity contribution is 5.99. The number of unbranched alkanes of at least 4 members (excludes halogenated alkanes) is 1. The van der Waals surface area contributed by atoms with Crippen LogP contribution in [0.2, 0.25) is 0 Å². The lowest BCUT2D eigenvalue weighted by molar-refractivity contribution is -0.139. The number of aromatic hydroxyl groups is 1. The number of phenolic OH excluding ortho intramolecular Hbond substituents is 1. The predicted molar refractivity (Wildman–Crippen MR) is 127 cm³/mol. The average Bonchev–Trinajstić information content (AvgIpc) is 2.73. The van der Waals surface area contributed by atoms with Crippen molar-refractivity contribution in [2.24, 2.45) is 0 Å². The van der Waals surface area contributed by atoms with E-state index in [-0.39, 0.29) is 30.0 Å². The van der Waals surface area contributed by atoms with Crippen LogP contribution in [-0.4, -0.2) is 28.4 Å². The van der Waals surface area contributed by atoms with Crippen LogP contribution in [0.3, 0.4) is 0 Å². The van der Waals surface area contributed by atoms with Crippen molar-refractivity contribution in [2.45, 2.75) is 59.4 Å². The van der Waals surface area contributed by atoms with Crippen molar-refractivity contribution in [3.05, 3.63) is 52.1 Å². The number of hydrogen-bond acceptors (Lipinski definition) is 4. The summed E-state index contributed by atoms with van der Waals surface area (Å²) in [6, 6.07) is 6.62. The van der Waals surface area contributed by atoms with Gasteiger partial charge in [-0.3, -0.25) is 9.59 Å². The second-order valence-electron chi connectivity index (χ2n) is 8.13. The number of rotatable bonds is 5. The van der Waals surface area contributed by atoms with Crippen LogP contribution in [0, 0.1) is 20.8 Å². The molecule has 0 aliphatic carbocycles. The third kappa shape index (κ3) is 4.96. The Morgan fingerprint density at radius 1 is 1.19 bits per heavy atom. The van der Waals surface area contributed by atoms with Gasteiger partial charge in [0.25, 0.3) is 5.91 Å². The number of hydrogen-bond donors (Lipinski definition) is 3. The van der Waals surface area contributed by atoms with E-state index in [1.807, 2.05) is 32.9 Å². The van der Waals surface area contributed by atoms with Crippen molar-refractivity contribution in [3.8, 4) is 5.75 Å². The number of nitrogens with two attached hydrogens (primary N) is 1. The lowest BCUT2D eigenvalue weighted by atomic mass is 9.90. The number of carbonyl (C=O) groups is 2. The van der Waals surface area contributed by atoms with Gasteiger partial charge in [0.2, 0.25) is 5.91 Å². The summed E-state index contributed by atoms with van der Waals surface area (Å²) in [7, 11) is 0. The predicted octanol–water partition coefficient (Wildman–Crippen LogP) is 4.58. The van der Waals surface area contributed by atoms with Gasteiger partial charge in [-0.2, -0.15) is 0 Å². The van der Waals surface area contributed by atoms with Crippen LogP contribution >= 0.6 is 12.4 Å². The number of nitrogens with zero attached hydrogens (tertiary/aromatic N) is 1. The SMILES string of the molecule is CCCCC(=O)N1CCc2ccc(N)cc2C1C(=O)Nc1cc(C)c(O)c(C)c1C.Cl. The zero-order valence-corrected chi connectivity index (χ0v) is 19.4. The molecule has 6 nitrogen and oxygen atoms in total. The van der Waals surface area contributed by atoms with Crippen LogP contribution in [0.5, 0.6) is 5.75 Å². The molecule has 1 atom stereocenters. The Bertz CT molecular complexity index is 991. The zero-order chi connectivity index (χ0) is 22.0. The van der Waals surface area contributed by atoms with Gasteiger partial charge in [-0.1, -0.05) is 19.4 Å². The highest BCUT2D eigenvalue weighted by Gasteiger charge is 2.36. The van der Waals surface area contributed by atoms with E-state index in [2.05, 4.69) is 5.32 Å². The van der Waals surface area contributed by atoms with Gasteiger partial charge >= 0.3 is 0 Å². The highest BCUT2D eigenvalue weighted by atomic mass is 35.5. The van der Waals surface area contributed by atoms with E-state index in [9.17, 15) is 14.7 Å². The number of fused-ring (bicyclic) bond motifs is 1. The smallest absolute Gasteiger partial charge is 0.251 e. The van der Waals surface area contributed by atoms with Gasteiger partial charge < -0.3 is 21.1 Å². The highest BCUT2D eigenvalue weighted by Crippen LogP contribution is 2.35. The first-order valence-corrected chi connectivity index (χ1v) is 10.5. The Morgan fingerprint density at radius 2 is 1.90 bits per heavy atom. The quantitative estimate of drug-likeness (QED) is 0.463. The molecule has 0 saturated carbocycles. The number of benzene rings is 2. The number of aryl methyl sites for hydroxylation is 1. The maximum absolute atomic E-state index is 13.5. The van der Waals surface area contributed by atoms with Gasteiger partial charge in [0.1, 0.15) is 11.8 Å². The molecule has 0 fully saturated rings. The van der Waals surface area contributed by atoms with Crippen LogP contribution in [0.25, 0.3) is 0 Å². The third-order valence-corrected chi connectivity index (χ3v) is 6.03. The summed E-state index contributed by atoms with van der Waals surface area (Å²) in [5.41, 5.74) is 11.3. The standard InChI is InChI=1S/C24H31N3O3.ClH/c1-5-6-7-21(28)27-11-10-17-8-9-18(25)13-19(17)22(27)24(30)26-20-12-14(2)23(29)16(4)15(20)3;/h8-9,12-13,22,29H,5-7,10-11,25H2,1-4H3,(H,26,30);1H. The van der Waals surface area contributed by atoms with Gasteiger partial charge in [-0.15, -0.1) is 12.4 Å². The molecule has 2 aromatic carbocycles. The first kappa shape index (κ1) is 24.5. The van der Waals surface area contributed by atoms with E-state index in [4.69, 9.17) is 5.73 Å². The molecule has 2 amide bonds. The Balaban J connectivity index is 0.00000341. The minimum absolute atomic E-state index is 0. The zero-order valence-electron chi connectivity index (χ0n) is 18.6. The fourth-order valence-corrected chi connectivity index (χ4v) is 4.06. The maximum Gasteiger partial charge on any atom is 0.251 e. The monoisotopic (exact) mass is 445 g/mol. The number of nitrogen functional groups attached to an aromatic ring is 1. The Morgan fingerprint density at radius 3 is 2.58 bits per heavy atom. The molecule has 7 heteroatoms. The van der Waals surface area contributed by atoms with E-state index in [0.717, 1.165) is 35.1 Å². The minimum atomic E-state index is -0.726. The van der Waals surface area contributed by atoms with Crippen LogP contribution in [0.15, 0.2) is 24.3 Å². The van der Waals surface area contributed by atoms with Crippen LogP contribution < -0.4 is 11.1 Å². The van der Waals surface area contributed by atoms with Crippen LogP contribution in [-0.2, 0) is 16.0 Å². The molecule has 1 heterocycles. The number of carbonyl (C=O) groups excluding carboxylic acids is 2. The van der Waals surface area contributed by atoms with Gasteiger partial charge in [0.05, 0.1) is 0 Å². The molecular formula is C24H32ClN3O3. The van der Waals surface area contributed by atoms with Crippen molar-refractivity contribution in [1.82, 2.24) is 4.90 Å². The second kappa shape index (κ2) is 10.1. The first-order chi connectivity index (χ1) is 14.2. The van der Waals surface area contributed by atoms with Gasteiger partial charge in [0.15, 0.2) is 0 Å². The first-order valence-electron chi connectivity index (χ1n) is 10.5. The molecule has 4 N–H and O–H groups in total. The fraction of sp³-hybridized carbons (Fsp3) is 0.417. The summed E-state index contributed by atoms with van der Waals surface area (Å²) in [5, 5.41) is 13.2. The molecule has 0 saturated heterocycles. The number of phenols is 1. The molecule has 0 aromatic heterocycles. The fourth-order valence-electron chi connectivity index (χ4n) is 4.06. The van der Waals surface area contributed by atoms with E-state index >= 15 is 0 Å². The van der Waals surface area contributed by atoms with Gasteiger partial charge in [-0.05, 0) is 79.6 Å². The van der Waals surface area contributed by atoms with E-state index in [1.54, 1.807) is 24.0 Å². The number of nitrogens with one attached hydrogen (secondary N) is 1. The molecule has 31 heavy (non-hydrogen) atoms. The van der Waals surface area contributed by atoms with Crippen molar-refractivity contribution >= 4 is 35.6 Å². The molecular weight excluding hydrogens is 414 g/mol.